The maximum atomic E-state index is 11.8. The molecule has 0 bridgehead atoms. The van der Waals surface area contributed by atoms with Crippen molar-refractivity contribution < 1.29 is 13.5 Å². The molecule has 0 aromatic carbocycles. The van der Waals surface area contributed by atoms with E-state index in [1.165, 1.54) is 4.31 Å². The molecular formula is C9H19NO3S. The van der Waals surface area contributed by atoms with Gasteiger partial charge >= 0.3 is 0 Å². The second kappa shape index (κ2) is 5.09. The highest BCUT2D eigenvalue weighted by Crippen LogP contribution is 2.31. The zero-order valence-electron chi connectivity index (χ0n) is 8.65. The molecule has 0 atom stereocenters. The molecule has 0 amide bonds. The highest BCUT2D eigenvalue weighted by molar-refractivity contribution is 7.89. The third-order valence-electron chi connectivity index (χ3n) is 2.36. The van der Waals surface area contributed by atoms with Gasteiger partial charge in [0.05, 0.1) is 12.4 Å². The molecule has 0 saturated heterocycles. The standard InChI is InChI=1S/C9H19NO3S/c1-2-5-10(6-7-11)14(12,13)8-9-3-4-9/h9,11H,2-8H2,1H3. The van der Waals surface area contributed by atoms with Gasteiger partial charge < -0.3 is 5.11 Å². The molecule has 4 nitrogen and oxygen atoms in total. The Morgan fingerprint density at radius 2 is 2.00 bits per heavy atom. The second-order valence-electron chi connectivity index (χ2n) is 3.84. The van der Waals surface area contributed by atoms with Gasteiger partial charge in [-0.3, -0.25) is 0 Å². The fourth-order valence-corrected chi connectivity index (χ4v) is 3.40. The van der Waals surface area contributed by atoms with E-state index in [4.69, 9.17) is 5.11 Å². The van der Waals surface area contributed by atoms with Gasteiger partial charge in [-0.25, -0.2) is 8.42 Å². The van der Waals surface area contributed by atoms with Crippen molar-refractivity contribution in [2.45, 2.75) is 26.2 Å². The molecule has 84 valence electrons. The molecule has 1 aliphatic carbocycles. The van der Waals surface area contributed by atoms with E-state index in [0.29, 0.717) is 12.5 Å². The lowest BCUT2D eigenvalue weighted by molar-refractivity contribution is 0.253. The Morgan fingerprint density at radius 1 is 1.36 bits per heavy atom. The number of hydrogen-bond acceptors (Lipinski definition) is 3. The smallest absolute Gasteiger partial charge is 0.214 e. The van der Waals surface area contributed by atoms with Gasteiger partial charge in [-0.2, -0.15) is 4.31 Å². The maximum absolute atomic E-state index is 11.8. The van der Waals surface area contributed by atoms with Crippen LogP contribution in [-0.2, 0) is 10.0 Å². The average Bonchev–Trinajstić information content (AvgIpc) is 2.87. The minimum atomic E-state index is -3.11. The first kappa shape index (κ1) is 11.9. The summed E-state index contributed by atoms with van der Waals surface area (Å²) < 4.78 is 25.0. The summed E-state index contributed by atoms with van der Waals surface area (Å²) in [5, 5.41) is 8.77. The van der Waals surface area contributed by atoms with Gasteiger partial charge in [0.1, 0.15) is 0 Å². The Labute approximate surface area is 86.0 Å². The minimum Gasteiger partial charge on any atom is -0.395 e. The molecule has 1 saturated carbocycles. The first-order valence-electron chi connectivity index (χ1n) is 5.19. The molecule has 5 heteroatoms. The monoisotopic (exact) mass is 221 g/mol. The van der Waals surface area contributed by atoms with Crippen LogP contribution < -0.4 is 0 Å². The van der Waals surface area contributed by atoms with Crippen molar-refractivity contribution in [1.82, 2.24) is 4.31 Å². The summed E-state index contributed by atoms with van der Waals surface area (Å²) in [6, 6.07) is 0. The predicted octanol–water partition coefficient (Wildman–Crippen LogP) is 0.430. The van der Waals surface area contributed by atoms with E-state index >= 15 is 0 Å². The number of sulfonamides is 1. The number of aliphatic hydroxyl groups excluding tert-OH is 1. The van der Waals surface area contributed by atoms with Gasteiger partial charge in [-0.05, 0) is 25.2 Å². The van der Waals surface area contributed by atoms with E-state index in [2.05, 4.69) is 0 Å². The summed E-state index contributed by atoms with van der Waals surface area (Å²) in [4.78, 5) is 0. The summed E-state index contributed by atoms with van der Waals surface area (Å²) in [6.07, 6.45) is 2.88. The zero-order valence-corrected chi connectivity index (χ0v) is 9.46. The zero-order chi connectivity index (χ0) is 10.6. The largest absolute Gasteiger partial charge is 0.395 e. The van der Waals surface area contributed by atoms with Crippen molar-refractivity contribution in [2.24, 2.45) is 5.92 Å². The van der Waals surface area contributed by atoms with Gasteiger partial charge in [0.25, 0.3) is 0 Å². The Hall–Kier alpha value is -0.130. The molecule has 0 aromatic heterocycles. The summed E-state index contributed by atoms with van der Waals surface area (Å²) in [6.45, 7) is 2.61. The molecule has 14 heavy (non-hydrogen) atoms. The fourth-order valence-electron chi connectivity index (χ4n) is 1.44. The van der Waals surface area contributed by atoms with Crippen LogP contribution >= 0.6 is 0 Å². The van der Waals surface area contributed by atoms with Gasteiger partial charge in [0, 0.05) is 13.1 Å². The quantitative estimate of drug-likeness (QED) is 0.678. The van der Waals surface area contributed by atoms with Crippen molar-refractivity contribution in [1.29, 1.82) is 0 Å². The summed E-state index contributed by atoms with van der Waals surface area (Å²) in [5.74, 6) is 0.644. The third-order valence-corrected chi connectivity index (χ3v) is 4.40. The number of aliphatic hydroxyl groups is 1. The van der Waals surface area contributed by atoms with E-state index in [1.807, 2.05) is 6.92 Å². The normalized spacial score (nSPS) is 17.6. The van der Waals surface area contributed by atoms with Crippen LogP contribution in [0.5, 0.6) is 0 Å². The Morgan fingerprint density at radius 3 is 2.43 bits per heavy atom. The van der Waals surface area contributed by atoms with Crippen LogP contribution in [-0.4, -0.2) is 43.3 Å². The first-order valence-corrected chi connectivity index (χ1v) is 6.79. The molecule has 1 rings (SSSR count). The molecule has 0 radical (unpaired) electrons. The van der Waals surface area contributed by atoms with Crippen molar-refractivity contribution in [3.8, 4) is 0 Å². The van der Waals surface area contributed by atoms with E-state index in [9.17, 15) is 8.42 Å². The topological polar surface area (TPSA) is 57.6 Å². The van der Waals surface area contributed by atoms with Crippen molar-refractivity contribution in [3.63, 3.8) is 0 Å². The van der Waals surface area contributed by atoms with Crippen LogP contribution in [0.1, 0.15) is 26.2 Å². The molecule has 1 fully saturated rings. The third kappa shape index (κ3) is 3.55. The highest BCUT2D eigenvalue weighted by atomic mass is 32.2. The summed E-state index contributed by atoms with van der Waals surface area (Å²) >= 11 is 0. The Kier molecular flexibility index (Phi) is 4.34. The minimum absolute atomic E-state index is 0.0934. The van der Waals surface area contributed by atoms with Crippen LogP contribution in [0.2, 0.25) is 0 Å². The Bertz CT molecular complexity index is 253. The van der Waals surface area contributed by atoms with E-state index in [0.717, 1.165) is 19.3 Å². The van der Waals surface area contributed by atoms with Gasteiger partial charge in [0.15, 0.2) is 0 Å². The van der Waals surface area contributed by atoms with Crippen molar-refractivity contribution in [3.05, 3.63) is 0 Å². The van der Waals surface area contributed by atoms with Crippen LogP contribution in [0, 0.1) is 5.92 Å². The molecule has 0 aromatic rings. The van der Waals surface area contributed by atoms with E-state index < -0.39 is 10.0 Å². The molecule has 0 heterocycles. The Balaban J connectivity index is 2.53. The molecule has 1 aliphatic rings. The van der Waals surface area contributed by atoms with E-state index in [-0.39, 0.29) is 18.9 Å². The van der Waals surface area contributed by atoms with E-state index in [1.54, 1.807) is 0 Å². The SMILES string of the molecule is CCCN(CCO)S(=O)(=O)CC1CC1. The summed E-state index contributed by atoms with van der Waals surface area (Å²) in [5.41, 5.74) is 0. The molecule has 0 unspecified atom stereocenters. The van der Waals surface area contributed by atoms with Crippen LogP contribution in [0.4, 0.5) is 0 Å². The van der Waals surface area contributed by atoms with Crippen LogP contribution in [0.15, 0.2) is 0 Å². The van der Waals surface area contributed by atoms with Gasteiger partial charge in [0.2, 0.25) is 10.0 Å². The number of nitrogens with zero attached hydrogens (tertiary/aromatic N) is 1. The van der Waals surface area contributed by atoms with Crippen LogP contribution in [0.25, 0.3) is 0 Å². The predicted molar refractivity (Wildman–Crippen MR) is 55.5 cm³/mol. The molecule has 1 N–H and O–H groups in total. The second-order valence-corrected chi connectivity index (χ2v) is 5.86. The van der Waals surface area contributed by atoms with Crippen LogP contribution in [0.3, 0.4) is 0 Å². The average molecular weight is 221 g/mol. The maximum Gasteiger partial charge on any atom is 0.214 e. The molecule has 0 aliphatic heterocycles. The van der Waals surface area contributed by atoms with Gasteiger partial charge in [-0.15, -0.1) is 0 Å². The number of rotatable bonds is 7. The lowest BCUT2D eigenvalue weighted by Crippen LogP contribution is -2.36. The molecular weight excluding hydrogens is 202 g/mol. The van der Waals surface area contributed by atoms with Gasteiger partial charge in [-0.1, -0.05) is 6.92 Å². The lowest BCUT2D eigenvalue weighted by Gasteiger charge is -2.20. The number of hydrogen-bond donors (Lipinski definition) is 1. The first-order chi connectivity index (χ1) is 6.60. The fraction of sp³-hybridized carbons (Fsp3) is 1.00. The highest BCUT2D eigenvalue weighted by Gasteiger charge is 2.31. The summed E-state index contributed by atoms with van der Waals surface area (Å²) in [7, 11) is -3.11. The molecule has 0 spiro atoms. The van der Waals surface area contributed by atoms with Crippen molar-refractivity contribution in [2.75, 3.05) is 25.4 Å². The lowest BCUT2D eigenvalue weighted by atomic mass is 10.5. The van der Waals surface area contributed by atoms with Crippen molar-refractivity contribution >= 4 is 10.0 Å².